The number of aromatic carboxylic acids is 1. The van der Waals surface area contributed by atoms with Crippen LogP contribution >= 0.6 is 22.6 Å². The molecule has 4 nitrogen and oxygen atoms in total. The second-order valence-corrected chi connectivity index (χ2v) is 4.87. The molecule has 0 fully saturated rings. The molecule has 0 unspecified atom stereocenters. The summed E-state index contributed by atoms with van der Waals surface area (Å²) in [5.74, 6) is 0.168. The molecule has 0 spiro atoms. The zero-order chi connectivity index (χ0) is 13.5. The van der Waals surface area contributed by atoms with Gasteiger partial charge in [-0.15, -0.1) is 0 Å². The van der Waals surface area contributed by atoms with E-state index >= 15 is 0 Å². The number of halogens is 1. The van der Waals surface area contributed by atoms with Gasteiger partial charge >= 0.3 is 5.97 Å². The highest BCUT2D eigenvalue weighted by molar-refractivity contribution is 14.1. The Morgan fingerprint density at radius 3 is 1.94 bits per heavy atom. The number of carbonyl (C=O) groups is 1. The molecule has 1 N–H and O–H groups in total. The van der Waals surface area contributed by atoms with Gasteiger partial charge in [0.25, 0.3) is 0 Å². The largest absolute Gasteiger partial charge is 0.492 e. The quantitative estimate of drug-likeness (QED) is 0.752. The summed E-state index contributed by atoms with van der Waals surface area (Å²) in [6.07, 6.45) is 1.75. The van der Waals surface area contributed by atoms with Crippen LogP contribution in [0.3, 0.4) is 0 Å². The first-order valence-electron chi connectivity index (χ1n) is 5.92. The number of hydrogen-bond acceptors (Lipinski definition) is 3. The molecule has 0 amide bonds. The molecule has 0 saturated heterocycles. The zero-order valence-corrected chi connectivity index (χ0v) is 12.7. The lowest BCUT2D eigenvalue weighted by molar-refractivity contribution is 0.0695. The van der Waals surface area contributed by atoms with Crippen LogP contribution in [0.25, 0.3) is 0 Å². The zero-order valence-electron chi connectivity index (χ0n) is 10.5. The summed E-state index contributed by atoms with van der Waals surface area (Å²) in [5.41, 5.74) is 0.188. The molecule has 0 bridgehead atoms. The van der Waals surface area contributed by atoms with Crippen molar-refractivity contribution in [1.29, 1.82) is 0 Å². The summed E-state index contributed by atoms with van der Waals surface area (Å²) < 4.78 is 11.9. The number of ether oxygens (including phenoxy) is 2. The molecule has 0 aromatic heterocycles. The van der Waals surface area contributed by atoms with E-state index in [0.29, 0.717) is 24.7 Å². The monoisotopic (exact) mass is 364 g/mol. The van der Waals surface area contributed by atoms with Crippen molar-refractivity contribution in [1.82, 2.24) is 0 Å². The molecule has 1 aromatic rings. The lowest BCUT2D eigenvalue weighted by Gasteiger charge is -2.13. The molecule has 5 heteroatoms. The van der Waals surface area contributed by atoms with Gasteiger partial charge in [0.05, 0.1) is 22.3 Å². The summed E-state index contributed by atoms with van der Waals surface area (Å²) in [4.78, 5) is 11.1. The van der Waals surface area contributed by atoms with Crippen molar-refractivity contribution in [2.45, 2.75) is 26.7 Å². The molecule has 0 aliphatic rings. The van der Waals surface area contributed by atoms with Crippen LogP contribution in [0.4, 0.5) is 0 Å². The molecule has 0 radical (unpaired) electrons. The Labute approximate surface area is 120 Å². The fourth-order valence-electron chi connectivity index (χ4n) is 1.33. The van der Waals surface area contributed by atoms with Gasteiger partial charge in [0.15, 0.2) is 0 Å². The Kier molecular flexibility index (Phi) is 6.24. The van der Waals surface area contributed by atoms with Crippen molar-refractivity contribution in [3.8, 4) is 11.5 Å². The first-order chi connectivity index (χ1) is 8.60. The third-order valence-electron chi connectivity index (χ3n) is 2.18. The Morgan fingerprint density at radius 2 is 1.61 bits per heavy atom. The van der Waals surface area contributed by atoms with Crippen molar-refractivity contribution in [2.24, 2.45) is 0 Å². The first kappa shape index (κ1) is 15.1. The van der Waals surface area contributed by atoms with E-state index in [1.807, 2.05) is 13.8 Å². The van der Waals surface area contributed by atoms with Gasteiger partial charge in [-0.05, 0) is 47.6 Å². The fraction of sp³-hybridized carbons (Fsp3) is 0.462. The lowest BCUT2D eigenvalue weighted by atomic mass is 10.2. The Hall–Kier alpha value is -0.980. The summed E-state index contributed by atoms with van der Waals surface area (Å²) in [6, 6.07) is 3.08. The van der Waals surface area contributed by atoms with Gasteiger partial charge in [-0.3, -0.25) is 0 Å². The summed E-state index contributed by atoms with van der Waals surface area (Å²) in [6.45, 7) is 5.13. The van der Waals surface area contributed by atoms with E-state index in [1.165, 1.54) is 0 Å². The molecule has 0 atom stereocenters. The van der Waals surface area contributed by atoms with Crippen molar-refractivity contribution < 1.29 is 19.4 Å². The van der Waals surface area contributed by atoms with Gasteiger partial charge in [0, 0.05) is 0 Å². The summed E-state index contributed by atoms with van der Waals surface area (Å²) >= 11 is 2.12. The number of hydrogen-bond donors (Lipinski definition) is 1. The highest BCUT2D eigenvalue weighted by Crippen LogP contribution is 2.32. The van der Waals surface area contributed by atoms with E-state index in [9.17, 15) is 4.79 Å². The topological polar surface area (TPSA) is 55.8 Å². The third-order valence-corrected chi connectivity index (χ3v) is 3.24. The number of rotatable bonds is 7. The first-order valence-corrected chi connectivity index (χ1v) is 7.00. The van der Waals surface area contributed by atoms with E-state index in [0.717, 1.165) is 16.4 Å². The molecule has 18 heavy (non-hydrogen) atoms. The van der Waals surface area contributed by atoms with Gasteiger partial charge in [-0.25, -0.2) is 4.79 Å². The second-order valence-electron chi connectivity index (χ2n) is 3.79. The molecule has 0 aliphatic heterocycles. The SMILES string of the molecule is CCCOc1cc(C(=O)O)cc(OCCC)c1I. The number of carboxylic acids is 1. The maximum atomic E-state index is 11.1. The standard InChI is InChI=1S/C13H17IO4/c1-3-5-17-10-7-9(13(15)16)8-11(12(10)14)18-6-4-2/h7-8H,3-6H2,1-2H3,(H,15,16). The molecular formula is C13H17IO4. The molecule has 0 aliphatic carbocycles. The average molecular weight is 364 g/mol. The van der Waals surface area contributed by atoms with Crippen LogP contribution in [0, 0.1) is 3.57 Å². The minimum absolute atomic E-state index is 0.188. The lowest BCUT2D eigenvalue weighted by Crippen LogP contribution is -2.05. The smallest absolute Gasteiger partial charge is 0.335 e. The van der Waals surface area contributed by atoms with Gasteiger partial charge in [-0.1, -0.05) is 13.8 Å². The summed E-state index contributed by atoms with van der Waals surface area (Å²) in [7, 11) is 0. The number of carboxylic acid groups (broad SMARTS) is 1. The van der Waals surface area contributed by atoms with Gasteiger partial charge < -0.3 is 14.6 Å². The van der Waals surface area contributed by atoms with Gasteiger partial charge in [0.1, 0.15) is 11.5 Å². The Balaban J connectivity index is 3.07. The van der Waals surface area contributed by atoms with E-state index in [4.69, 9.17) is 14.6 Å². The maximum absolute atomic E-state index is 11.1. The minimum Gasteiger partial charge on any atom is -0.492 e. The van der Waals surface area contributed by atoms with Crippen LogP contribution in [0.2, 0.25) is 0 Å². The van der Waals surface area contributed by atoms with Crippen LogP contribution in [0.5, 0.6) is 11.5 Å². The third kappa shape index (κ3) is 4.04. The minimum atomic E-state index is -0.978. The second kappa shape index (κ2) is 7.45. The van der Waals surface area contributed by atoms with Crippen molar-refractivity contribution >= 4 is 28.6 Å². The van der Waals surface area contributed by atoms with E-state index in [2.05, 4.69) is 22.6 Å². The Bertz CT molecular complexity index is 388. The van der Waals surface area contributed by atoms with Gasteiger partial charge in [0.2, 0.25) is 0 Å². The molecule has 0 saturated carbocycles. The van der Waals surface area contributed by atoms with Crippen LogP contribution in [-0.2, 0) is 0 Å². The number of benzene rings is 1. The summed E-state index contributed by atoms with van der Waals surface area (Å²) in [5, 5.41) is 9.06. The van der Waals surface area contributed by atoms with Crippen LogP contribution < -0.4 is 9.47 Å². The van der Waals surface area contributed by atoms with E-state index in [1.54, 1.807) is 12.1 Å². The van der Waals surface area contributed by atoms with Crippen LogP contribution in [0.1, 0.15) is 37.0 Å². The van der Waals surface area contributed by atoms with E-state index in [-0.39, 0.29) is 5.56 Å². The molecule has 100 valence electrons. The highest BCUT2D eigenvalue weighted by atomic mass is 127. The van der Waals surface area contributed by atoms with Crippen LogP contribution in [-0.4, -0.2) is 24.3 Å². The predicted molar refractivity (Wildman–Crippen MR) is 77.7 cm³/mol. The van der Waals surface area contributed by atoms with Crippen molar-refractivity contribution in [2.75, 3.05) is 13.2 Å². The van der Waals surface area contributed by atoms with E-state index < -0.39 is 5.97 Å². The maximum Gasteiger partial charge on any atom is 0.335 e. The molecular weight excluding hydrogens is 347 g/mol. The van der Waals surface area contributed by atoms with Crippen LogP contribution in [0.15, 0.2) is 12.1 Å². The van der Waals surface area contributed by atoms with Crippen molar-refractivity contribution in [3.63, 3.8) is 0 Å². The van der Waals surface area contributed by atoms with Crippen molar-refractivity contribution in [3.05, 3.63) is 21.3 Å². The predicted octanol–water partition coefficient (Wildman–Crippen LogP) is 3.57. The highest BCUT2D eigenvalue weighted by Gasteiger charge is 2.14. The molecule has 1 rings (SSSR count). The molecule has 0 heterocycles. The van der Waals surface area contributed by atoms with Gasteiger partial charge in [-0.2, -0.15) is 0 Å². The fourth-order valence-corrected chi connectivity index (χ4v) is 1.95. The normalized spacial score (nSPS) is 10.2. The molecule has 1 aromatic carbocycles. The average Bonchev–Trinajstić information content (AvgIpc) is 2.35. The Morgan fingerprint density at radius 1 is 1.17 bits per heavy atom.